The number of nitrogens with one attached hydrogen (secondary N) is 3. The van der Waals surface area contributed by atoms with E-state index in [1.54, 1.807) is 48.7 Å². The van der Waals surface area contributed by atoms with Crippen LogP contribution in [-0.4, -0.2) is 164 Å². The van der Waals surface area contributed by atoms with E-state index in [2.05, 4.69) is 104 Å². The highest BCUT2D eigenvalue weighted by Gasteiger charge is 2.31. The predicted molar refractivity (Wildman–Crippen MR) is 367 cm³/mol. The third-order valence-corrected chi connectivity index (χ3v) is 18.8. The molecule has 2 aromatic carbocycles. The fraction of sp³-hybridized carbons (Fsp3) is 0.444. The molecule has 6 N–H and O–H groups in total. The van der Waals surface area contributed by atoms with Crippen LogP contribution in [0, 0.1) is 41.5 Å². The van der Waals surface area contributed by atoms with E-state index < -0.39 is 5.97 Å². The number of likely N-dealkylation sites (tertiary alicyclic amines) is 2. The molecule has 21 heteroatoms. The number of rotatable bonds is 19. The number of amides is 1. The Kier molecular flexibility index (Phi) is 23.0. The van der Waals surface area contributed by atoms with Crippen molar-refractivity contribution in [2.24, 2.45) is 5.73 Å². The molecule has 2 saturated heterocycles. The van der Waals surface area contributed by atoms with Gasteiger partial charge in [-0.25, -0.2) is 4.79 Å². The monoisotopic (exact) mass is 1280 g/mol. The Morgan fingerprint density at radius 3 is 1.25 bits per heavy atom. The van der Waals surface area contributed by atoms with Crippen molar-refractivity contribution in [3.63, 3.8) is 0 Å². The fourth-order valence-electron chi connectivity index (χ4n) is 13.5. The van der Waals surface area contributed by atoms with E-state index >= 15 is 0 Å². The van der Waals surface area contributed by atoms with Crippen LogP contribution in [-0.2, 0) is 13.1 Å². The number of hydrogen-bond donors (Lipinski definition) is 5. The van der Waals surface area contributed by atoms with E-state index in [1.165, 1.54) is 0 Å². The van der Waals surface area contributed by atoms with Crippen LogP contribution in [0.5, 0.6) is 34.5 Å². The van der Waals surface area contributed by atoms with Crippen molar-refractivity contribution >= 4 is 22.9 Å². The maximum absolute atomic E-state index is 13.9. The highest BCUT2D eigenvalue weighted by Crippen LogP contribution is 2.44. The summed E-state index contributed by atoms with van der Waals surface area (Å²) in [6, 6.07) is 20.6. The summed E-state index contributed by atoms with van der Waals surface area (Å²) in [6.07, 6.45) is 8.57. The maximum atomic E-state index is 13.9. The number of carbonyl (C=O) groups is 2. The second kappa shape index (κ2) is 30.4. The van der Waals surface area contributed by atoms with Gasteiger partial charge in [0, 0.05) is 137 Å². The fourth-order valence-corrected chi connectivity index (χ4v) is 13.5. The Bertz CT molecular complexity index is 4060. The van der Waals surface area contributed by atoms with Crippen molar-refractivity contribution in [1.29, 1.82) is 0 Å². The minimum Gasteiger partial charge on any atom is -0.493 e. The van der Waals surface area contributed by atoms with Gasteiger partial charge in [-0.15, -0.1) is 0 Å². The number of pyridine rings is 4. The number of carboxylic acid groups (broad SMARTS) is 1. The first-order valence-corrected chi connectivity index (χ1v) is 31.6. The molecule has 500 valence electrons. The smallest absolute Gasteiger partial charge is 0.336 e. The number of aromatic nitrogens is 4. The van der Waals surface area contributed by atoms with E-state index in [-0.39, 0.29) is 35.7 Å². The summed E-state index contributed by atoms with van der Waals surface area (Å²) in [7, 11) is 18.2. The largest absolute Gasteiger partial charge is 0.493 e. The van der Waals surface area contributed by atoms with Crippen LogP contribution in [0.3, 0.4) is 0 Å². The predicted octanol–water partition coefficient (Wildman–Crippen LogP) is 10.4. The van der Waals surface area contributed by atoms with E-state index in [1.807, 2.05) is 90.1 Å². The van der Waals surface area contributed by atoms with Gasteiger partial charge in [-0.05, 0) is 203 Å². The second-order valence-corrected chi connectivity index (χ2v) is 24.9. The molecule has 2 unspecified atom stereocenters. The van der Waals surface area contributed by atoms with Crippen LogP contribution in [0.4, 0.5) is 0 Å². The van der Waals surface area contributed by atoms with Crippen LogP contribution >= 0.6 is 0 Å². The number of ether oxygens (including phenoxy) is 6. The number of nitrogens with two attached hydrogens (primary N) is 1. The molecular formula is C72H96N10O11. The van der Waals surface area contributed by atoms with E-state index in [0.29, 0.717) is 75.4 Å². The molecule has 1 amide bonds. The standard InChI is InChI=1S/C36H47N5O5.C28H37N3O5.C8H12N2O/c1-21-14-22(2)38-36(43)30(21)19-37-35(42)29-18-28-15-26(25-16-31(44-7)34(46-9)32(17-25)45-8)20-41(28)33(23(29)3)24(4)40-12-10-27(11-13-40)39(5)6;1-17-23(28(32)33)15-22-12-20(19-13-24(34-5)27(36-7)25(14-19)35-6)16-31(22)26(17)18(2)30-10-8-21(9-11-30)29(3)4;1-5-3-6(2)10-8(11)7(5)4-9/h14-18,20,24,27H,10-13,19H2,1-9H3,(H,37,42)(H,38,43);12-16,18,21H,8-11H2,1-7H3,(H,32,33);3H,4,9H2,1-2H3,(H,10,11). The maximum Gasteiger partial charge on any atom is 0.336 e. The Hall–Kier alpha value is -8.60. The number of piperidine rings is 2. The first kappa shape index (κ1) is 70.3. The van der Waals surface area contributed by atoms with Crippen molar-refractivity contribution < 1.29 is 43.1 Å². The number of carbonyl (C=O) groups excluding carboxylic acids is 1. The molecule has 2 aliphatic rings. The first-order chi connectivity index (χ1) is 44.3. The quantitative estimate of drug-likeness (QED) is 0.0506. The number of aromatic amines is 2. The lowest BCUT2D eigenvalue weighted by Crippen LogP contribution is -2.43. The zero-order chi connectivity index (χ0) is 67.9. The van der Waals surface area contributed by atoms with E-state index in [0.717, 1.165) is 130 Å². The summed E-state index contributed by atoms with van der Waals surface area (Å²) >= 11 is 0. The van der Waals surface area contributed by atoms with Gasteiger partial charge in [-0.2, -0.15) is 0 Å². The van der Waals surface area contributed by atoms with Crippen LogP contribution in [0.2, 0.25) is 0 Å². The molecular weight excluding hydrogens is 1180 g/mol. The highest BCUT2D eigenvalue weighted by molar-refractivity contribution is 5.97. The van der Waals surface area contributed by atoms with Gasteiger partial charge in [0.05, 0.1) is 48.2 Å². The van der Waals surface area contributed by atoms with Gasteiger partial charge in [0.1, 0.15) is 0 Å². The normalized spacial score (nSPS) is 14.7. The van der Waals surface area contributed by atoms with Gasteiger partial charge < -0.3 is 73.1 Å². The van der Waals surface area contributed by atoms with E-state index in [4.69, 9.17) is 34.2 Å². The molecule has 2 fully saturated rings. The minimum absolute atomic E-state index is 0.0562. The number of methoxy groups -OCH3 is 6. The van der Waals surface area contributed by atoms with E-state index in [9.17, 15) is 24.3 Å². The molecule has 8 aromatic rings. The zero-order valence-corrected chi connectivity index (χ0v) is 57.6. The molecule has 6 aromatic heterocycles. The summed E-state index contributed by atoms with van der Waals surface area (Å²) in [5, 5.41) is 13.0. The number of fused-ring (bicyclic) bond motifs is 2. The number of nitrogens with zero attached hydrogens (tertiary/aromatic N) is 6. The van der Waals surface area contributed by atoms with Crippen molar-refractivity contribution in [2.45, 2.75) is 118 Å². The number of hydrogen-bond acceptors (Lipinski definition) is 15. The molecule has 0 saturated carbocycles. The van der Waals surface area contributed by atoms with Crippen molar-refractivity contribution in [2.75, 3.05) is 97.0 Å². The molecule has 10 rings (SSSR count). The van der Waals surface area contributed by atoms with Gasteiger partial charge in [0.15, 0.2) is 23.0 Å². The van der Waals surface area contributed by atoms with Crippen LogP contribution in [0.25, 0.3) is 33.3 Å². The highest BCUT2D eigenvalue weighted by atomic mass is 16.5. The average molecular weight is 1280 g/mol. The average Bonchev–Trinajstić information content (AvgIpc) is 1.66. The molecule has 0 spiro atoms. The Morgan fingerprint density at radius 1 is 0.548 bits per heavy atom. The van der Waals surface area contributed by atoms with Gasteiger partial charge in [-0.3, -0.25) is 24.2 Å². The van der Waals surface area contributed by atoms with Crippen molar-refractivity contribution in [3.05, 3.63) is 161 Å². The first-order valence-electron chi connectivity index (χ1n) is 31.6. The third kappa shape index (κ3) is 15.2. The summed E-state index contributed by atoms with van der Waals surface area (Å²) in [5.74, 6) is 2.23. The number of aromatic carboxylic acids is 1. The van der Waals surface area contributed by atoms with Gasteiger partial charge in [0.25, 0.3) is 17.0 Å². The molecule has 8 heterocycles. The van der Waals surface area contributed by atoms with Gasteiger partial charge >= 0.3 is 5.97 Å². The molecule has 0 radical (unpaired) electrons. The molecule has 0 aliphatic carbocycles. The second-order valence-electron chi connectivity index (χ2n) is 24.9. The lowest BCUT2D eigenvalue weighted by Gasteiger charge is -2.39. The molecule has 93 heavy (non-hydrogen) atoms. The lowest BCUT2D eigenvalue weighted by molar-refractivity contribution is 0.0694. The molecule has 2 aliphatic heterocycles. The van der Waals surface area contributed by atoms with Gasteiger partial charge in [0.2, 0.25) is 11.5 Å². The molecule has 21 nitrogen and oxygen atoms in total. The van der Waals surface area contributed by atoms with Crippen LogP contribution in [0.1, 0.15) is 128 Å². The summed E-state index contributed by atoms with van der Waals surface area (Å²) in [6.45, 7) is 20.2. The topological polar surface area (TPSA) is 235 Å². The SMILES string of the molecule is COc1cc(-c2cc3cc(C(=O)NCc4c(C)cc(C)[nH]c4=O)c(C)c(C(C)N4CCC(N(C)C)CC4)n3c2)cc(OC)c1OC.COc1cc(-c2cc3cc(C(=O)O)c(C)c(C(C)N4CCC(N(C)C)CC4)n3c2)cc(OC)c1OC.Cc1cc(C)c(CN)c(=O)[nH]1. The van der Waals surface area contributed by atoms with Crippen molar-refractivity contribution in [1.82, 2.24) is 43.7 Å². The summed E-state index contributed by atoms with van der Waals surface area (Å²) in [5.41, 5.74) is 20.0. The molecule has 0 bridgehead atoms. The lowest BCUT2D eigenvalue weighted by atomic mass is 9.97. The summed E-state index contributed by atoms with van der Waals surface area (Å²) in [4.78, 5) is 65.0. The van der Waals surface area contributed by atoms with Crippen LogP contribution < -0.4 is 50.6 Å². The number of carboxylic acids is 1. The zero-order valence-electron chi connectivity index (χ0n) is 57.6. The summed E-state index contributed by atoms with van der Waals surface area (Å²) < 4.78 is 37.8. The minimum atomic E-state index is -0.912. The molecule has 2 atom stereocenters. The Labute approximate surface area is 546 Å². The Balaban J connectivity index is 0.000000209. The third-order valence-electron chi connectivity index (χ3n) is 18.8. The number of H-pyrrole nitrogens is 2. The Morgan fingerprint density at radius 2 is 0.914 bits per heavy atom. The number of aryl methyl sites for hydroxylation is 4. The van der Waals surface area contributed by atoms with Gasteiger partial charge in [-0.1, -0.05) is 0 Å². The van der Waals surface area contributed by atoms with Crippen molar-refractivity contribution in [3.8, 4) is 56.8 Å². The number of benzene rings is 2. The van der Waals surface area contributed by atoms with Crippen LogP contribution in [0.15, 0.2) is 82.6 Å².